The van der Waals surface area contributed by atoms with Gasteiger partial charge in [0, 0.05) is 23.2 Å². The molecule has 0 radical (unpaired) electrons. The highest BCUT2D eigenvalue weighted by Crippen LogP contribution is 2.42. The Morgan fingerprint density at radius 2 is 1.24 bits per heavy atom. The Hall–Kier alpha value is -2.49. The number of rotatable bonds is 0. The van der Waals surface area contributed by atoms with Gasteiger partial charge in [-0.25, -0.2) is 0 Å². The molecule has 1 aromatic carbocycles. The molecule has 1 aliphatic rings. The van der Waals surface area contributed by atoms with E-state index in [4.69, 9.17) is 0 Å². The number of nitrogens with one attached hydrogen (secondary N) is 2. The van der Waals surface area contributed by atoms with Crippen molar-refractivity contribution in [2.75, 3.05) is 9.44 Å². The van der Waals surface area contributed by atoms with Crippen LogP contribution in [0.3, 0.4) is 0 Å². The maximum Gasteiger partial charge on any atom is 0.321 e. The lowest BCUT2D eigenvalue weighted by molar-refractivity contribution is 0.607. The van der Waals surface area contributed by atoms with Gasteiger partial charge in [-0.2, -0.15) is 8.42 Å². The van der Waals surface area contributed by atoms with Crippen molar-refractivity contribution in [3.8, 4) is 0 Å². The molecule has 0 saturated carbocycles. The highest BCUT2D eigenvalue weighted by Gasteiger charge is 2.27. The minimum Gasteiger partial charge on any atom is -0.412 e. The van der Waals surface area contributed by atoms with Crippen molar-refractivity contribution in [1.29, 1.82) is 0 Å². The topological polar surface area (TPSA) is 147 Å². The van der Waals surface area contributed by atoms with Crippen LogP contribution in [-0.4, -0.2) is 29.3 Å². The second-order valence-corrected chi connectivity index (χ2v) is 5.67. The zero-order valence-corrected chi connectivity index (χ0v) is 11.4. The molecule has 110 valence electrons. The molecule has 0 unspecified atom stereocenters. The average molecular weight is 308 g/mol. The molecule has 1 aliphatic heterocycles. The summed E-state index contributed by atoms with van der Waals surface area (Å²) in [5.74, 6) is 0. The van der Waals surface area contributed by atoms with E-state index in [1.807, 2.05) is 12.1 Å². The SMILES string of the molecule is O.O.O=S1(=O)Nc2c(c3cccnc3c3ncccc23)N1. The number of pyridine rings is 2. The highest BCUT2D eigenvalue weighted by atomic mass is 32.2. The van der Waals surface area contributed by atoms with Gasteiger partial charge in [-0.05, 0) is 24.3 Å². The molecule has 9 heteroatoms. The molecule has 4 rings (SSSR count). The molecule has 0 fully saturated rings. The van der Waals surface area contributed by atoms with Crippen LogP contribution in [0.5, 0.6) is 0 Å². The first-order valence-electron chi connectivity index (χ1n) is 5.62. The maximum absolute atomic E-state index is 11.7. The molecule has 0 atom stereocenters. The van der Waals surface area contributed by atoms with Gasteiger partial charge in [0.25, 0.3) is 0 Å². The fourth-order valence-electron chi connectivity index (χ4n) is 2.37. The molecule has 6 N–H and O–H groups in total. The normalized spacial score (nSPS) is 14.5. The summed E-state index contributed by atoms with van der Waals surface area (Å²) in [4.78, 5) is 8.62. The lowest BCUT2D eigenvalue weighted by Gasteiger charge is -2.07. The van der Waals surface area contributed by atoms with E-state index in [0.717, 1.165) is 10.8 Å². The second kappa shape index (κ2) is 4.81. The van der Waals surface area contributed by atoms with Crippen LogP contribution in [0.25, 0.3) is 21.8 Å². The third kappa shape index (κ3) is 2.03. The lowest BCUT2D eigenvalue weighted by Crippen LogP contribution is -2.12. The summed E-state index contributed by atoms with van der Waals surface area (Å²) in [7, 11) is -3.54. The van der Waals surface area contributed by atoms with Crippen LogP contribution < -0.4 is 9.44 Å². The van der Waals surface area contributed by atoms with Crippen molar-refractivity contribution in [2.24, 2.45) is 0 Å². The zero-order valence-electron chi connectivity index (χ0n) is 10.6. The van der Waals surface area contributed by atoms with E-state index in [2.05, 4.69) is 19.4 Å². The molecule has 2 aromatic heterocycles. The van der Waals surface area contributed by atoms with Crippen LogP contribution in [-0.2, 0) is 10.2 Å². The van der Waals surface area contributed by atoms with E-state index in [1.165, 1.54) is 0 Å². The van der Waals surface area contributed by atoms with Crippen LogP contribution in [0, 0.1) is 0 Å². The molecular formula is C12H12N4O4S. The van der Waals surface area contributed by atoms with Crippen LogP contribution in [0.1, 0.15) is 0 Å². The Kier molecular flexibility index (Phi) is 3.41. The van der Waals surface area contributed by atoms with Crippen LogP contribution in [0.2, 0.25) is 0 Å². The molecular weight excluding hydrogens is 296 g/mol. The first-order valence-corrected chi connectivity index (χ1v) is 7.10. The Morgan fingerprint density at radius 3 is 1.67 bits per heavy atom. The molecule has 21 heavy (non-hydrogen) atoms. The fraction of sp³-hybridized carbons (Fsp3) is 0. The predicted molar refractivity (Wildman–Crippen MR) is 80.4 cm³/mol. The number of hydrogen-bond acceptors (Lipinski definition) is 4. The van der Waals surface area contributed by atoms with Crippen molar-refractivity contribution in [1.82, 2.24) is 9.97 Å². The number of benzene rings is 1. The number of anilines is 2. The van der Waals surface area contributed by atoms with E-state index in [-0.39, 0.29) is 11.0 Å². The van der Waals surface area contributed by atoms with Gasteiger partial charge in [-0.3, -0.25) is 19.4 Å². The summed E-state index contributed by atoms with van der Waals surface area (Å²) in [6, 6.07) is 7.18. The number of nitrogens with zero attached hydrogens (tertiary/aromatic N) is 2. The van der Waals surface area contributed by atoms with E-state index in [0.29, 0.717) is 22.4 Å². The Labute approximate surface area is 119 Å². The van der Waals surface area contributed by atoms with Gasteiger partial charge >= 0.3 is 10.2 Å². The molecule has 0 saturated heterocycles. The second-order valence-electron chi connectivity index (χ2n) is 4.26. The predicted octanol–water partition coefficient (Wildman–Crippen LogP) is 0.216. The monoisotopic (exact) mass is 308 g/mol. The zero-order chi connectivity index (χ0) is 13.0. The van der Waals surface area contributed by atoms with E-state index >= 15 is 0 Å². The average Bonchev–Trinajstić information content (AvgIpc) is 2.75. The van der Waals surface area contributed by atoms with Gasteiger partial charge in [-0.15, -0.1) is 0 Å². The van der Waals surface area contributed by atoms with Crippen LogP contribution >= 0.6 is 0 Å². The minimum atomic E-state index is -3.54. The maximum atomic E-state index is 11.7. The van der Waals surface area contributed by atoms with E-state index < -0.39 is 10.2 Å². The molecule has 8 nitrogen and oxygen atoms in total. The Balaban J connectivity index is 0.000000807. The van der Waals surface area contributed by atoms with Gasteiger partial charge in [0.2, 0.25) is 0 Å². The van der Waals surface area contributed by atoms with Crippen molar-refractivity contribution >= 4 is 43.4 Å². The van der Waals surface area contributed by atoms with Gasteiger partial charge < -0.3 is 11.0 Å². The quantitative estimate of drug-likeness (QED) is 0.571. The van der Waals surface area contributed by atoms with Crippen molar-refractivity contribution < 1.29 is 19.4 Å². The summed E-state index contributed by atoms with van der Waals surface area (Å²) in [6.07, 6.45) is 3.33. The molecule has 0 amide bonds. The van der Waals surface area contributed by atoms with Crippen LogP contribution in [0.4, 0.5) is 11.4 Å². The number of aromatic nitrogens is 2. The third-order valence-corrected chi connectivity index (χ3v) is 4.05. The van der Waals surface area contributed by atoms with E-state index in [1.54, 1.807) is 24.5 Å². The smallest absolute Gasteiger partial charge is 0.321 e. The lowest BCUT2D eigenvalue weighted by atomic mass is 10.1. The van der Waals surface area contributed by atoms with Gasteiger partial charge in [-0.1, -0.05) is 0 Å². The van der Waals surface area contributed by atoms with Gasteiger partial charge in [0.05, 0.1) is 22.4 Å². The fourth-order valence-corrected chi connectivity index (χ4v) is 3.38. The molecule has 3 aromatic rings. The Bertz CT molecular complexity index is 872. The minimum absolute atomic E-state index is 0. The molecule has 0 bridgehead atoms. The third-order valence-electron chi connectivity index (χ3n) is 3.10. The van der Waals surface area contributed by atoms with Gasteiger partial charge in [0.15, 0.2) is 0 Å². The number of fused-ring (bicyclic) bond motifs is 6. The van der Waals surface area contributed by atoms with Crippen molar-refractivity contribution in [3.63, 3.8) is 0 Å². The molecule has 0 spiro atoms. The highest BCUT2D eigenvalue weighted by molar-refractivity contribution is 7.94. The molecule has 3 heterocycles. The summed E-state index contributed by atoms with van der Waals surface area (Å²) in [6.45, 7) is 0. The van der Waals surface area contributed by atoms with Crippen molar-refractivity contribution in [2.45, 2.75) is 0 Å². The van der Waals surface area contributed by atoms with E-state index in [9.17, 15) is 8.42 Å². The largest absolute Gasteiger partial charge is 0.412 e. The summed E-state index contributed by atoms with van der Waals surface area (Å²) in [5, 5.41) is 1.47. The van der Waals surface area contributed by atoms with Gasteiger partial charge in [0.1, 0.15) is 0 Å². The molecule has 0 aliphatic carbocycles. The van der Waals surface area contributed by atoms with Crippen LogP contribution in [0.15, 0.2) is 36.7 Å². The first kappa shape index (κ1) is 14.9. The summed E-state index contributed by atoms with van der Waals surface area (Å²) >= 11 is 0. The summed E-state index contributed by atoms with van der Waals surface area (Å²) < 4.78 is 28.4. The summed E-state index contributed by atoms with van der Waals surface area (Å²) in [5.41, 5.74) is 2.43. The van der Waals surface area contributed by atoms with Crippen molar-refractivity contribution in [3.05, 3.63) is 36.7 Å². The number of hydrogen-bond donors (Lipinski definition) is 2. The first-order chi connectivity index (χ1) is 9.16. The Morgan fingerprint density at radius 1 is 0.810 bits per heavy atom. The standard InChI is InChI=1S/C12H8N4O2S.2H2O/c17-19(18)15-11-7-3-1-5-13-9(7)10-8(12(11)16-19)4-2-6-14-10;;/h1-6,15-16H;2*1H2.